The van der Waals surface area contributed by atoms with Gasteiger partial charge in [-0.2, -0.15) is 5.10 Å². The van der Waals surface area contributed by atoms with Crippen molar-refractivity contribution >= 4 is 77.2 Å². The van der Waals surface area contributed by atoms with Gasteiger partial charge in [0.15, 0.2) is 0 Å². The summed E-state index contributed by atoms with van der Waals surface area (Å²) in [5.74, 6) is -0.259. The first-order valence-electron chi connectivity index (χ1n) is 6.41. The van der Waals surface area contributed by atoms with Crippen LogP contribution in [0.4, 0.5) is 5.69 Å². The zero-order chi connectivity index (χ0) is 16.8. The standard InChI is InChI=1S/C15H11Br3ClN3O/c16-10-3-1-2-9(4-10)7-21-22-14(23)8-20-15-12(17)5-11(19)6-13(15)18/h1-7,20H,8H2,(H,22,23)/b21-7-. The molecule has 23 heavy (non-hydrogen) atoms. The maximum atomic E-state index is 11.8. The Bertz CT molecular complexity index is 729. The zero-order valence-electron chi connectivity index (χ0n) is 11.6. The number of anilines is 1. The number of rotatable bonds is 5. The van der Waals surface area contributed by atoms with Crippen molar-refractivity contribution in [3.8, 4) is 0 Å². The highest BCUT2D eigenvalue weighted by molar-refractivity contribution is 9.11. The Morgan fingerprint density at radius 3 is 2.52 bits per heavy atom. The van der Waals surface area contributed by atoms with Crippen LogP contribution in [0.2, 0.25) is 5.02 Å². The van der Waals surface area contributed by atoms with Gasteiger partial charge >= 0.3 is 0 Å². The lowest BCUT2D eigenvalue weighted by Crippen LogP contribution is -2.26. The number of hydrazone groups is 1. The molecule has 0 aliphatic rings. The number of halogens is 4. The lowest BCUT2D eigenvalue weighted by atomic mass is 10.2. The van der Waals surface area contributed by atoms with E-state index in [-0.39, 0.29) is 12.5 Å². The molecule has 0 saturated heterocycles. The highest BCUT2D eigenvalue weighted by Crippen LogP contribution is 2.33. The van der Waals surface area contributed by atoms with Crippen LogP contribution in [0.3, 0.4) is 0 Å². The molecule has 0 spiro atoms. The van der Waals surface area contributed by atoms with Gasteiger partial charge in [0.2, 0.25) is 0 Å². The number of carbonyl (C=O) groups excluding carboxylic acids is 1. The lowest BCUT2D eigenvalue weighted by molar-refractivity contribution is -0.119. The van der Waals surface area contributed by atoms with Gasteiger partial charge in [-0.05, 0) is 61.7 Å². The van der Waals surface area contributed by atoms with Gasteiger partial charge in [-0.15, -0.1) is 0 Å². The van der Waals surface area contributed by atoms with E-state index in [0.717, 1.165) is 24.7 Å². The van der Waals surface area contributed by atoms with Crippen LogP contribution >= 0.6 is 59.4 Å². The molecule has 0 aliphatic heterocycles. The van der Waals surface area contributed by atoms with Crippen LogP contribution in [0.15, 0.2) is 54.9 Å². The minimum absolute atomic E-state index is 0.0780. The molecular formula is C15H11Br3ClN3O. The molecule has 2 N–H and O–H groups in total. The Hall–Kier alpha value is -0.890. The van der Waals surface area contributed by atoms with Crippen molar-refractivity contribution in [2.45, 2.75) is 0 Å². The third-order valence-electron chi connectivity index (χ3n) is 2.68. The first-order chi connectivity index (χ1) is 11.0. The quantitative estimate of drug-likeness (QED) is 0.418. The first-order valence-corrected chi connectivity index (χ1v) is 9.17. The van der Waals surface area contributed by atoms with Crippen molar-refractivity contribution in [2.24, 2.45) is 5.10 Å². The molecule has 120 valence electrons. The lowest BCUT2D eigenvalue weighted by Gasteiger charge is -2.10. The van der Waals surface area contributed by atoms with E-state index in [0.29, 0.717) is 5.02 Å². The smallest absolute Gasteiger partial charge is 0.259 e. The summed E-state index contributed by atoms with van der Waals surface area (Å²) in [7, 11) is 0. The number of carbonyl (C=O) groups is 1. The van der Waals surface area contributed by atoms with Gasteiger partial charge in [0, 0.05) is 18.4 Å². The minimum atomic E-state index is -0.259. The predicted molar refractivity (Wildman–Crippen MR) is 105 cm³/mol. The summed E-state index contributed by atoms with van der Waals surface area (Å²) in [6, 6.07) is 11.1. The van der Waals surface area contributed by atoms with Gasteiger partial charge < -0.3 is 5.32 Å². The fourth-order valence-electron chi connectivity index (χ4n) is 1.68. The van der Waals surface area contributed by atoms with Crippen LogP contribution in [-0.2, 0) is 4.79 Å². The molecular weight excluding hydrogens is 513 g/mol. The maximum Gasteiger partial charge on any atom is 0.259 e. The second-order valence-corrected chi connectivity index (χ2v) is 7.51. The van der Waals surface area contributed by atoms with E-state index in [1.165, 1.54) is 0 Å². The average Bonchev–Trinajstić information content (AvgIpc) is 2.46. The van der Waals surface area contributed by atoms with Gasteiger partial charge in [0.1, 0.15) is 0 Å². The Morgan fingerprint density at radius 1 is 1.17 bits per heavy atom. The Kier molecular flexibility index (Phi) is 7.08. The number of hydrogen-bond donors (Lipinski definition) is 2. The summed E-state index contributed by atoms with van der Waals surface area (Å²) in [6.45, 7) is 0.0780. The molecule has 4 nitrogen and oxygen atoms in total. The maximum absolute atomic E-state index is 11.8. The Balaban J connectivity index is 1.88. The van der Waals surface area contributed by atoms with Crippen molar-refractivity contribution in [3.05, 3.63) is 60.4 Å². The van der Waals surface area contributed by atoms with E-state index in [9.17, 15) is 4.79 Å². The summed E-state index contributed by atoms with van der Waals surface area (Å²) in [5, 5.41) is 7.54. The van der Waals surface area contributed by atoms with E-state index in [4.69, 9.17) is 11.6 Å². The fourth-order valence-corrected chi connectivity index (χ4v) is 4.05. The monoisotopic (exact) mass is 521 g/mol. The van der Waals surface area contributed by atoms with Crippen LogP contribution in [0.5, 0.6) is 0 Å². The second-order valence-electron chi connectivity index (χ2n) is 4.45. The topological polar surface area (TPSA) is 53.5 Å². The van der Waals surface area contributed by atoms with Crippen LogP contribution < -0.4 is 10.7 Å². The largest absolute Gasteiger partial charge is 0.374 e. The SMILES string of the molecule is O=C(CNc1c(Br)cc(Cl)cc1Br)N/N=C\c1cccc(Br)c1. The minimum Gasteiger partial charge on any atom is -0.374 e. The molecule has 0 saturated carbocycles. The number of benzene rings is 2. The summed E-state index contributed by atoms with van der Waals surface area (Å²) in [6.07, 6.45) is 1.58. The number of hydrogen-bond acceptors (Lipinski definition) is 3. The molecule has 0 fully saturated rings. The molecule has 8 heteroatoms. The Labute approximate surface area is 164 Å². The van der Waals surface area contributed by atoms with E-state index in [1.807, 2.05) is 24.3 Å². The average molecular weight is 524 g/mol. The van der Waals surface area contributed by atoms with Crippen LogP contribution in [0.25, 0.3) is 0 Å². The number of amides is 1. The highest BCUT2D eigenvalue weighted by Gasteiger charge is 2.08. The predicted octanol–water partition coefficient (Wildman–Crippen LogP) is 5.19. The molecule has 2 aromatic rings. The molecule has 0 radical (unpaired) electrons. The fraction of sp³-hybridized carbons (Fsp3) is 0.0667. The van der Waals surface area contributed by atoms with Gasteiger partial charge in [-0.25, -0.2) is 5.43 Å². The molecule has 0 atom stereocenters. The Morgan fingerprint density at radius 2 is 1.87 bits per heavy atom. The number of nitrogens with one attached hydrogen (secondary N) is 2. The summed E-state index contributed by atoms with van der Waals surface area (Å²) >= 11 is 16.1. The zero-order valence-corrected chi connectivity index (χ0v) is 17.1. The second kappa shape index (κ2) is 8.82. The van der Waals surface area contributed by atoms with E-state index in [2.05, 4.69) is 63.6 Å². The van der Waals surface area contributed by atoms with Crippen LogP contribution in [0.1, 0.15) is 5.56 Å². The van der Waals surface area contributed by atoms with E-state index < -0.39 is 0 Å². The van der Waals surface area contributed by atoms with E-state index >= 15 is 0 Å². The molecule has 0 aromatic heterocycles. The van der Waals surface area contributed by atoms with Gasteiger partial charge in [0.25, 0.3) is 5.91 Å². The summed E-state index contributed by atoms with van der Waals surface area (Å²) < 4.78 is 2.48. The van der Waals surface area contributed by atoms with Crippen molar-refractivity contribution in [1.29, 1.82) is 0 Å². The third-order valence-corrected chi connectivity index (χ3v) is 4.65. The molecule has 0 bridgehead atoms. The molecule has 1 amide bonds. The van der Waals surface area contributed by atoms with Gasteiger partial charge in [-0.1, -0.05) is 39.7 Å². The summed E-state index contributed by atoms with van der Waals surface area (Å²) in [4.78, 5) is 11.8. The van der Waals surface area contributed by atoms with Crippen LogP contribution in [0, 0.1) is 0 Å². The van der Waals surface area contributed by atoms with Gasteiger partial charge in [-0.3, -0.25) is 4.79 Å². The normalized spacial score (nSPS) is 10.8. The van der Waals surface area contributed by atoms with Crippen molar-refractivity contribution < 1.29 is 4.79 Å². The van der Waals surface area contributed by atoms with Crippen molar-refractivity contribution in [2.75, 3.05) is 11.9 Å². The van der Waals surface area contributed by atoms with E-state index in [1.54, 1.807) is 18.3 Å². The molecule has 0 unspecified atom stereocenters. The third kappa shape index (κ3) is 5.91. The van der Waals surface area contributed by atoms with Crippen molar-refractivity contribution in [3.63, 3.8) is 0 Å². The molecule has 2 rings (SSSR count). The highest BCUT2D eigenvalue weighted by atomic mass is 79.9. The first kappa shape index (κ1) is 18.4. The molecule has 0 aliphatic carbocycles. The van der Waals surface area contributed by atoms with Crippen LogP contribution in [-0.4, -0.2) is 18.7 Å². The molecule has 2 aromatic carbocycles. The van der Waals surface area contributed by atoms with Gasteiger partial charge in [0.05, 0.1) is 18.4 Å². The summed E-state index contributed by atoms with van der Waals surface area (Å²) in [5.41, 5.74) is 4.10. The number of nitrogens with zero attached hydrogens (tertiary/aromatic N) is 1. The van der Waals surface area contributed by atoms with Crippen molar-refractivity contribution in [1.82, 2.24) is 5.43 Å². The molecule has 0 heterocycles.